The van der Waals surface area contributed by atoms with Gasteiger partial charge in [0.15, 0.2) is 5.65 Å². The maximum Gasteiger partial charge on any atom is 0.222 e. The summed E-state index contributed by atoms with van der Waals surface area (Å²) < 4.78 is 1.73. The van der Waals surface area contributed by atoms with Gasteiger partial charge in [0, 0.05) is 42.2 Å². The monoisotopic (exact) mass is 477 g/mol. The summed E-state index contributed by atoms with van der Waals surface area (Å²) in [6, 6.07) is 8.77. The van der Waals surface area contributed by atoms with Crippen molar-refractivity contribution in [2.24, 2.45) is 5.92 Å². The van der Waals surface area contributed by atoms with Crippen LogP contribution in [0, 0.1) is 5.92 Å². The van der Waals surface area contributed by atoms with E-state index in [0.29, 0.717) is 40.8 Å². The Hall–Kier alpha value is -2.86. The van der Waals surface area contributed by atoms with Gasteiger partial charge < -0.3 is 9.88 Å². The van der Waals surface area contributed by atoms with E-state index < -0.39 is 0 Å². The number of H-pyrrole nitrogens is 1. The van der Waals surface area contributed by atoms with Crippen LogP contribution in [-0.4, -0.2) is 43.5 Å². The van der Waals surface area contributed by atoms with Gasteiger partial charge in [-0.3, -0.25) is 4.79 Å². The van der Waals surface area contributed by atoms with Crippen molar-refractivity contribution in [3.63, 3.8) is 0 Å². The van der Waals surface area contributed by atoms with Crippen LogP contribution in [0.1, 0.15) is 69.9 Å². The van der Waals surface area contributed by atoms with Crippen LogP contribution in [0.25, 0.3) is 27.8 Å². The number of aromatic nitrogens is 4. The molecular weight excluding hydrogens is 446 g/mol. The van der Waals surface area contributed by atoms with E-state index in [9.17, 15) is 4.79 Å². The zero-order valence-corrected chi connectivity index (χ0v) is 21.1. The van der Waals surface area contributed by atoms with Crippen molar-refractivity contribution in [3.05, 3.63) is 52.9 Å². The summed E-state index contributed by atoms with van der Waals surface area (Å²) in [6.07, 6.45) is 6.18. The molecule has 0 radical (unpaired) electrons. The number of hydrogen-bond acceptors (Lipinski definition) is 3. The molecule has 3 aromatic heterocycles. The molecule has 4 heterocycles. The summed E-state index contributed by atoms with van der Waals surface area (Å²) in [5, 5.41) is 6.13. The fraction of sp³-hybridized carbons (Fsp3) is 0.444. The van der Waals surface area contributed by atoms with E-state index in [1.54, 1.807) is 4.52 Å². The molecule has 1 N–H and O–H groups in total. The lowest BCUT2D eigenvalue weighted by Crippen LogP contribution is -2.38. The van der Waals surface area contributed by atoms with E-state index in [4.69, 9.17) is 11.6 Å². The SMILES string of the molecule is CC(C)CC(=O)N1CCC(c2ccc3[nH]c(-c4cc(Cl)c5ncnn5c4)c(C(C)C)c3c2)CC1. The molecular formula is C27H32ClN5O. The molecule has 0 aliphatic carbocycles. The molecule has 178 valence electrons. The summed E-state index contributed by atoms with van der Waals surface area (Å²) in [6.45, 7) is 10.4. The Kier molecular flexibility index (Phi) is 6.11. The number of aromatic amines is 1. The number of rotatable bonds is 5. The first kappa shape index (κ1) is 22.9. The van der Waals surface area contributed by atoms with Crippen LogP contribution >= 0.6 is 11.6 Å². The van der Waals surface area contributed by atoms with Crippen LogP contribution in [0.3, 0.4) is 0 Å². The van der Waals surface area contributed by atoms with E-state index in [1.165, 1.54) is 22.8 Å². The van der Waals surface area contributed by atoms with Gasteiger partial charge in [-0.15, -0.1) is 0 Å². The molecule has 0 atom stereocenters. The molecule has 0 spiro atoms. The number of nitrogens with zero attached hydrogens (tertiary/aromatic N) is 4. The number of likely N-dealkylation sites (tertiary alicyclic amines) is 1. The lowest BCUT2D eigenvalue weighted by atomic mass is 9.87. The van der Waals surface area contributed by atoms with Gasteiger partial charge in [-0.05, 0) is 59.9 Å². The number of benzene rings is 1. The first-order chi connectivity index (χ1) is 16.3. The topological polar surface area (TPSA) is 66.3 Å². The van der Waals surface area contributed by atoms with Gasteiger partial charge in [-0.2, -0.15) is 5.10 Å². The Morgan fingerprint density at radius 3 is 2.65 bits per heavy atom. The average molecular weight is 478 g/mol. The third kappa shape index (κ3) is 4.20. The molecule has 1 saturated heterocycles. The standard InChI is InChI=1S/C27H32ClN5O/c1-16(2)11-24(34)32-9-7-18(8-10-32)19-5-6-23-21(12-19)25(17(3)4)26(31-23)20-13-22(28)27-29-15-30-33(27)14-20/h5-6,12-18,31H,7-11H2,1-4H3. The molecule has 4 aromatic rings. The van der Waals surface area contributed by atoms with Crippen molar-refractivity contribution in [1.82, 2.24) is 24.5 Å². The van der Waals surface area contributed by atoms with E-state index >= 15 is 0 Å². The lowest BCUT2D eigenvalue weighted by Gasteiger charge is -2.32. The summed E-state index contributed by atoms with van der Waals surface area (Å²) in [4.78, 5) is 22.4. The smallest absolute Gasteiger partial charge is 0.222 e. The Morgan fingerprint density at radius 2 is 1.94 bits per heavy atom. The number of halogens is 1. The van der Waals surface area contributed by atoms with Crippen LogP contribution in [0.4, 0.5) is 0 Å². The highest BCUT2D eigenvalue weighted by atomic mass is 35.5. The van der Waals surface area contributed by atoms with E-state index in [1.807, 2.05) is 17.2 Å². The van der Waals surface area contributed by atoms with Crippen molar-refractivity contribution >= 4 is 34.1 Å². The number of amides is 1. The average Bonchev–Trinajstić information content (AvgIpc) is 3.43. The summed E-state index contributed by atoms with van der Waals surface area (Å²) >= 11 is 6.51. The fourth-order valence-electron chi connectivity index (χ4n) is 5.27. The van der Waals surface area contributed by atoms with Crippen molar-refractivity contribution in [2.75, 3.05) is 13.1 Å². The zero-order valence-electron chi connectivity index (χ0n) is 20.3. The summed E-state index contributed by atoms with van der Waals surface area (Å²) in [7, 11) is 0. The van der Waals surface area contributed by atoms with Crippen LogP contribution in [0.15, 0.2) is 36.8 Å². The molecule has 5 rings (SSSR count). The Balaban J connectivity index is 1.47. The van der Waals surface area contributed by atoms with Gasteiger partial charge in [0.05, 0.1) is 10.7 Å². The Bertz CT molecular complexity index is 1340. The second-order valence-corrected chi connectivity index (χ2v) is 10.6. The predicted molar refractivity (Wildman–Crippen MR) is 137 cm³/mol. The van der Waals surface area contributed by atoms with Gasteiger partial charge in [-0.1, -0.05) is 45.4 Å². The normalized spacial score (nSPS) is 15.3. The fourth-order valence-corrected chi connectivity index (χ4v) is 5.53. The van der Waals surface area contributed by atoms with Gasteiger partial charge in [0.2, 0.25) is 5.91 Å². The summed E-state index contributed by atoms with van der Waals surface area (Å²) in [5.74, 6) is 1.51. The van der Waals surface area contributed by atoms with E-state index in [0.717, 1.165) is 42.7 Å². The number of pyridine rings is 1. The second-order valence-electron chi connectivity index (χ2n) is 10.2. The highest BCUT2D eigenvalue weighted by molar-refractivity contribution is 6.33. The zero-order chi connectivity index (χ0) is 24.0. The van der Waals surface area contributed by atoms with Gasteiger partial charge in [-0.25, -0.2) is 9.50 Å². The molecule has 34 heavy (non-hydrogen) atoms. The van der Waals surface area contributed by atoms with Crippen molar-refractivity contribution < 1.29 is 4.79 Å². The molecule has 0 bridgehead atoms. The number of fused-ring (bicyclic) bond motifs is 2. The van der Waals surface area contributed by atoms with Gasteiger partial charge >= 0.3 is 0 Å². The first-order valence-electron chi connectivity index (χ1n) is 12.2. The quantitative estimate of drug-likeness (QED) is 0.361. The third-order valence-corrected chi connectivity index (χ3v) is 7.24. The molecule has 0 saturated carbocycles. The van der Waals surface area contributed by atoms with Crippen LogP contribution in [0.2, 0.25) is 5.02 Å². The molecule has 1 aromatic carbocycles. The minimum atomic E-state index is 0.296. The van der Waals surface area contributed by atoms with Gasteiger partial charge in [0.1, 0.15) is 6.33 Å². The highest BCUT2D eigenvalue weighted by Gasteiger charge is 2.25. The number of nitrogens with one attached hydrogen (secondary N) is 1. The molecule has 1 aliphatic heterocycles. The maximum atomic E-state index is 12.5. The minimum Gasteiger partial charge on any atom is -0.354 e. The van der Waals surface area contributed by atoms with E-state index in [-0.39, 0.29) is 0 Å². The van der Waals surface area contributed by atoms with Crippen molar-refractivity contribution in [2.45, 2.75) is 58.8 Å². The lowest BCUT2D eigenvalue weighted by molar-refractivity contribution is -0.133. The maximum absolute atomic E-state index is 12.5. The highest BCUT2D eigenvalue weighted by Crippen LogP contribution is 2.39. The summed E-state index contributed by atoms with van der Waals surface area (Å²) in [5.41, 5.74) is 6.52. The van der Waals surface area contributed by atoms with E-state index in [2.05, 4.69) is 61.0 Å². The number of piperidine rings is 1. The third-order valence-electron chi connectivity index (χ3n) is 6.96. The molecule has 6 nitrogen and oxygen atoms in total. The largest absolute Gasteiger partial charge is 0.354 e. The predicted octanol–water partition coefficient (Wildman–Crippen LogP) is 6.41. The molecule has 1 fully saturated rings. The molecule has 7 heteroatoms. The second kappa shape index (κ2) is 9.06. The number of carbonyl (C=O) groups excluding carboxylic acids is 1. The van der Waals surface area contributed by atoms with Crippen LogP contribution in [-0.2, 0) is 4.79 Å². The number of hydrogen-bond donors (Lipinski definition) is 1. The first-order valence-corrected chi connectivity index (χ1v) is 12.6. The van der Waals surface area contributed by atoms with Gasteiger partial charge in [0.25, 0.3) is 0 Å². The molecule has 1 aliphatic rings. The number of carbonyl (C=O) groups is 1. The van der Waals surface area contributed by atoms with Crippen molar-refractivity contribution in [1.29, 1.82) is 0 Å². The minimum absolute atomic E-state index is 0.296. The molecule has 1 amide bonds. The molecule has 0 unspecified atom stereocenters. The van der Waals surface area contributed by atoms with Crippen LogP contribution < -0.4 is 0 Å². The van der Waals surface area contributed by atoms with Crippen LogP contribution in [0.5, 0.6) is 0 Å². The Labute approximate surface area is 205 Å². The van der Waals surface area contributed by atoms with Crippen molar-refractivity contribution in [3.8, 4) is 11.3 Å². The Morgan fingerprint density at radius 1 is 1.18 bits per heavy atom.